The molecule has 0 spiro atoms. The maximum Gasteiger partial charge on any atom is 0.134 e. The van der Waals surface area contributed by atoms with Crippen molar-refractivity contribution in [3.63, 3.8) is 0 Å². The Morgan fingerprint density at radius 1 is 1.05 bits per heavy atom. The zero-order chi connectivity index (χ0) is 15.1. The van der Waals surface area contributed by atoms with Crippen molar-refractivity contribution in [3.8, 4) is 0 Å². The summed E-state index contributed by atoms with van der Waals surface area (Å²) in [6.07, 6.45) is 10.7. The van der Waals surface area contributed by atoms with Gasteiger partial charge in [-0.25, -0.2) is 9.97 Å². The highest BCUT2D eigenvalue weighted by atomic mass is 15.1. The average molecular weight is 290 g/mol. The van der Waals surface area contributed by atoms with E-state index in [4.69, 9.17) is 0 Å². The monoisotopic (exact) mass is 290 g/mol. The van der Waals surface area contributed by atoms with E-state index in [1.807, 2.05) is 0 Å². The molecule has 1 aromatic rings. The van der Waals surface area contributed by atoms with Gasteiger partial charge >= 0.3 is 0 Å². The molecule has 1 heterocycles. The minimum atomic E-state index is 0.575. The van der Waals surface area contributed by atoms with E-state index >= 15 is 0 Å². The van der Waals surface area contributed by atoms with Crippen molar-refractivity contribution < 1.29 is 0 Å². The van der Waals surface area contributed by atoms with Crippen molar-refractivity contribution in [2.45, 2.75) is 71.8 Å². The first kappa shape index (κ1) is 16.1. The second kappa shape index (κ2) is 8.20. The summed E-state index contributed by atoms with van der Waals surface area (Å²) in [5, 5.41) is 7.01. The third-order valence-corrected chi connectivity index (χ3v) is 4.51. The molecule has 0 bridgehead atoms. The molecule has 0 unspecified atom stereocenters. The zero-order valence-electron chi connectivity index (χ0n) is 13.8. The van der Waals surface area contributed by atoms with Gasteiger partial charge < -0.3 is 10.6 Å². The van der Waals surface area contributed by atoms with Crippen molar-refractivity contribution in [1.29, 1.82) is 0 Å². The van der Waals surface area contributed by atoms with Gasteiger partial charge in [-0.1, -0.05) is 26.7 Å². The number of anilines is 2. The van der Waals surface area contributed by atoms with Crippen molar-refractivity contribution >= 4 is 11.6 Å². The van der Waals surface area contributed by atoms with Crippen molar-refractivity contribution in [3.05, 3.63) is 11.9 Å². The summed E-state index contributed by atoms with van der Waals surface area (Å²) in [6, 6.07) is 0.575. The molecule has 1 aliphatic carbocycles. The van der Waals surface area contributed by atoms with E-state index in [-0.39, 0.29) is 0 Å². The molecule has 1 fully saturated rings. The lowest BCUT2D eigenvalue weighted by Gasteiger charge is -2.29. The van der Waals surface area contributed by atoms with Crippen molar-refractivity contribution in [1.82, 2.24) is 9.97 Å². The minimum Gasteiger partial charge on any atom is -0.370 e. The first-order valence-corrected chi connectivity index (χ1v) is 8.56. The number of hydrogen-bond donors (Lipinski definition) is 2. The van der Waals surface area contributed by atoms with E-state index in [0.29, 0.717) is 6.04 Å². The van der Waals surface area contributed by atoms with Crippen LogP contribution in [-0.2, 0) is 0 Å². The topological polar surface area (TPSA) is 49.8 Å². The highest BCUT2D eigenvalue weighted by Gasteiger charge is 2.21. The molecule has 118 valence electrons. The van der Waals surface area contributed by atoms with E-state index in [1.54, 1.807) is 6.33 Å². The van der Waals surface area contributed by atoms with Crippen LogP contribution in [-0.4, -0.2) is 22.6 Å². The Balaban J connectivity index is 1.91. The Morgan fingerprint density at radius 2 is 1.76 bits per heavy atom. The van der Waals surface area contributed by atoms with Crippen LogP contribution in [0.3, 0.4) is 0 Å². The van der Waals surface area contributed by atoms with E-state index < -0.39 is 0 Å². The average Bonchev–Trinajstić information content (AvgIpc) is 2.50. The SMILES string of the molecule is CCCNc1ncnc(NC2CCC(CCC)CC2)c1C. The van der Waals surface area contributed by atoms with Gasteiger partial charge in [0, 0.05) is 18.2 Å². The maximum atomic E-state index is 4.43. The molecular formula is C17H30N4. The van der Waals surface area contributed by atoms with Crippen LogP contribution >= 0.6 is 0 Å². The van der Waals surface area contributed by atoms with Crippen LogP contribution in [0.25, 0.3) is 0 Å². The predicted molar refractivity (Wildman–Crippen MR) is 89.8 cm³/mol. The summed E-state index contributed by atoms with van der Waals surface area (Å²) < 4.78 is 0. The van der Waals surface area contributed by atoms with E-state index in [2.05, 4.69) is 41.4 Å². The fraction of sp³-hybridized carbons (Fsp3) is 0.765. The molecule has 4 heteroatoms. The van der Waals surface area contributed by atoms with E-state index in [1.165, 1.54) is 38.5 Å². The summed E-state index contributed by atoms with van der Waals surface area (Å²) in [4.78, 5) is 8.78. The van der Waals surface area contributed by atoms with Crippen LogP contribution in [0.4, 0.5) is 11.6 Å². The van der Waals surface area contributed by atoms with Gasteiger partial charge in [-0.05, 0) is 44.9 Å². The first-order chi connectivity index (χ1) is 10.2. The normalized spacial score (nSPS) is 22.0. The lowest BCUT2D eigenvalue weighted by Crippen LogP contribution is -2.27. The first-order valence-electron chi connectivity index (χ1n) is 8.56. The molecule has 2 N–H and O–H groups in total. The van der Waals surface area contributed by atoms with Gasteiger partial charge in [0.2, 0.25) is 0 Å². The Bertz CT molecular complexity index is 425. The Labute approximate surface area is 129 Å². The second-order valence-corrected chi connectivity index (χ2v) is 6.27. The highest BCUT2D eigenvalue weighted by molar-refractivity contribution is 5.56. The fourth-order valence-electron chi connectivity index (χ4n) is 3.21. The highest BCUT2D eigenvalue weighted by Crippen LogP contribution is 2.30. The number of aromatic nitrogens is 2. The van der Waals surface area contributed by atoms with Crippen molar-refractivity contribution in [2.24, 2.45) is 5.92 Å². The van der Waals surface area contributed by atoms with Crippen LogP contribution in [0, 0.1) is 12.8 Å². The van der Waals surface area contributed by atoms with Crippen LogP contribution in [0.1, 0.15) is 64.4 Å². The van der Waals surface area contributed by atoms with Gasteiger partial charge in [-0.2, -0.15) is 0 Å². The van der Waals surface area contributed by atoms with Crippen LogP contribution in [0.2, 0.25) is 0 Å². The Hall–Kier alpha value is -1.32. The lowest BCUT2D eigenvalue weighted by molar-refractivity contribution is 0.318. The smallest absolute Gasteiger partial charge is 0.134 e. The molecule has 0 amide bonds. The summed E-state index contributed by atoms with van der Waals surface area (Å²) in [5.41, 5.74) is 1.14. The van der Waals surface area contributed by atoms with Crippen LogP contribution < -0.4 is 10.6 Å². The molecule has 1 saturated carbocycles. The molecule has 1 aliphatic rings. The van der Waals surface area contributed by atoms with Gasteiger partial charge in [0.05, 0.1) is 0 Å². The number of rotatable bonds is 7. The number of hydrogen-bond acceptors (Lipinski definition) is 4. The quantitative estimate of drug-likeness (QED) is 0.782. The van der Waals surface area contributed by atoms with Gasteiger partial charge in [0.25, 0.3) is 0 Å². The van der Waals surface area contributed by atoms with Crippen molar-refractivity contribution in [2.75, 3.05) is 17.2 Å². The van der Waals surface area contributed by atoms with Gasteiger partial charge in [-0.3, -0.25) is 0 Å². The lowest BCUT2D eigenvalue weighted by atomic mass is 9.83. The standard InChI is InChI=1S/C17H30N4/c1-4-6-14-7-9-15(10-8-14)21-17-13(3)16(18-11-5-2)19-12-20-17/h12,14-15H,4-11H2,1-3H3,(H2,18,19,20,21). The molecular weight excluding hydrogens is 260 g/mol. The fourth-order valence-corrected chi connectivity index (χ4v) is 3.21. The molecule has 1 aromatic heterocycles. The zero-order valence-corrected chi connectivity index (χ0v) is 13.8. The third-order valence-electron chi connectivity index (χ3n) is 4.51. The largest absolute Gasteiger partial charge is 0.370 e. The molecule has 0 aliphatic heterocycles. The van der Waals surface area contributed by atoms with E-state index in [9.17, 15) is 0 Å². The molecule has 0 aromatic carbocycles. The molecule has 0 atom stereocenters. The summed E-state index contributed by atoms with van der Waals surface area (Å²) in [7, 11) is 0. The number of nitrogens with zero attached hydrogens (tertiary/aromatic N) is 2. The number of nitrogens with one attached hydrogen (secondary N) is 2. The maximum absolute atomic E-state index is 4.43. The van der Waals surface area contributed by atoms with E-state index in [0.717, 1.165) is 36.1 Å². The van der Waals surface area contributed by atoms with Gasteiger partial charge in [-0.15, -0.1) is 0 Å². The summed E-state index contributed by atoms with van der Waals surface area (Å²) >= 11 is 0. The third kappa shape index (κ3) is 4.58. The Morgan fingerprint density at radius 3 is 2.43 bits per heavy atom. The molecule has 4 nitrogen and oxygen atoms in total. The second-order valence-electron chi connectivity index (χ2n) is 6.27. The van der Waals surface area contributed by atoms with Gasteiger partial charge in [0.1, 0.15) is 18.0 Å². The molecule has 2 rings (SSSR count). The minimum absolute atomic E-state index is 0.575. The summed E-state index contributed by atoms with van der Waals surface area (Å²) in [6.45, 7) is 7.51. The summed E-state index contributed by atoms with van der Waals surface area (Å²) in [5.74, 6) is 2.91. The van der Waals surface area contributed by atoms with Crippen LogP contribution in [0.15, 0.2) is 6.33 Å². The molecule has 0 saturated heterocycles. The predicted octanol–water partition coefficient (Wildman–Crippen LogP) is 4.38. The van der Waals surface area contributed by atoms with Crippen LogP contribution in [0.5, 0.6) is 0 Å². The molecule has 21 heavy (non-hydrogen) atoms. The van der Waals surface area contributed by atoms with Gasteiger partial charge in [0.15, 0.2) is 0 Å². The Kier molecular flexibility index (Phi) is 6.27. The molecule has 0 radical (unpaired) electrons.